The van der Waals surface area contributed by atoms with Gasteiger partial charge in [-0.05, 0) is 13.8 Å². The normalized spacial score (nSPS) is 39.6. The molecule has 5 atom stereocenters. The predicted octanol–water partition coefficient (Wildman–Crippen LogP) is 1.34. The third kappa shape index (κ3) is 2.33. The maximum atomic E-state index is 12.0. The topological polar surface area (TPSA) is 63.6 Å². The number of hydrogen-bond donors (Lipinski definition) is 1. The monoisotopic (exact) mass is 319 g/mol. The molecule has 106 valence electrons. The van der Waals surface area contributed by atoms with Crippen molar-refractivity contribution in [1.29, 1.82) is 0 Å². The van der Waals surface area contributed by atoms with Crippen LogP contribution in [0.15, 0.2) is 9.93 Å². The van der Waals surface area contributed by atoms with Gasteiger partial charge in [-0.1, -0.05) is 22.9 Å². The van der Waals surface area contributed by atoms with Gasteiger partial charge in [0.25, 0.3) is 0 Å². The number of allylic oxidation sites excluding steroid dienone is 1. The van der Waals surface area contributed by atoms with Crippen LogP contribution in [0, 0.1) is 5.92 Å². The first kappa shape index (κ1) is 14.1. The fraction of sp³-hybridized carbons (Fsp3) is 0.750. The van der Waals surface area contributed by atoms with Crippen molar-refractivity contribution in [2.75, 3.05) is 11.5 Å². The Bertz CT molecular complexity index is 440. The summed E-state index contributed by atoms with van der Waals surface area (Å²) >= 11 is 2.79. The smallest absolute Gasteiger partial charge is 0.236 e. The molecule has 3 aliphatic heterocycles. The highest BCUT2D eigenvalue weighted by Gasteiger charge is 2.55. The Morgan fingerprint density at radius 3 is 2.95 bits per heavy atom. The molecule has 0 radical (unpaired) electrons. The van der Waals surface area contributed by atoms with Gasteiger partial charge in [0.15, 0.2) is 0 Å². The van der Waals surface area contributed by atoms with E-state index in [1.165, 1.54) is 4.24 Å². The Balaban J connectivity index is 1.68. The number of carbonyl (C=O) groups excluding carboxylic acids is 1. The Morgan fingerprint density at radius 2 is 2.37 bits per heavy atom. The zero-order valence-electron chi connectivity index (χ0n) is 10.9. The van der Waals surface area contributed by atoms with E-state index < -0.39 is 17.3 Å². The Morgan fingerprint density at radius 1 is 1.63 bits per heavy atom. The molecule has 1 unspecified atom stereocenters. The first-order valence-corrected chi connectivity index (χ1v) is 9.64. The van der Waals surface area contributed by atoms with E-state index in [9.17, 15) is 14.5 Å². The van der Waals surface area contributed by atoms with Gasteiger partial charge in [0.2, 0.25) is 5.91 Å². The number of hydrogen-bond acceptors (Lipinski definition) is 5. The molecule has 3 aliphatic rings. The molecule has 0 aromatic carbocycles. The molecule has 4 nitrogen and oxygen atoms in total. The summed E-state index contributed by atoms with van der Waals surface area (Å²) < 4.78 is 12.6. The lowest BCUT2D eigenvalue weighted by atomic mass is 9.92. The van der Waals surface area contributed by atoms with Crippen LogP contribution < -0.4 is 0 Å². The lowest BCUT2D eigenvalue weighted by molar-refractivity contribution is -0.152. The highest BCUT2D eigenvalue weighted by Crippen LogP contribution is 2.54. The maximum absolute atomic E-state index is 12.0. The van der Waals surface area contributed by atoms with Gasteiger partial charge in [0, 0.05) is 12.1 Å². The first-order chi connectivity index (χ1) is 8.99. The van der Waals surface area contributed by atoms with Crippen LogP contribution in [-0.4, -0.2) is 48.7 Å². The van der Waals surface area contributed by atoms with Gasteiger partial charge in [0.05, 0.1) is 21.5 Å². The second-order valence-electron chi connectivity index (χ2n) is 5.20. The second kappa shape index (κ2) is 5.18. The molecule has 0 saturated carbocycles. The number of rotatable bonds is 3. The van der Waals surface area contributed by atoms with Crippen molar-refractivity contribution in [3.05, 3.63) is 9.93 Å². The number of aliphatic hydroxyl groups is 1. The van der Waals surface area contributed by atoms with Gasteiger partial charge in [-0.25, -0.2) is 0 Å². The molecule has 1 amide bonds. The number of amides is 1. The molecule has 1 N–H and O–H groups in total. The molecule has 0 spiro atoms. The molecule has 2 fully saturated rings. The fourth-order valence-corrected chi connectivity index (χ4v) is 7.95. The minimum absolute atomic E-state index is 0.0376. The highest BCUT2D eigenvalue weighted by molar-refractivity contribution is 8.23. The van der Waals surface area contributed by atoms with Crippen molar-refractivity contribution in [3.8, 4) is 0 Å². The van der Waals surface area contributed by atoms with Crippen LogP contribution in [0.4, 0.5) is 0 Å². The summed E-state index contributed by atoms with van der Waals surface area (Å²) in [6, 6.07) is 0. The predicted molar refractivity (Wildman–Crippen MR) is 80.0 cm³/mol. The van der Waals surface area contributed by atoms with E-state index in [2.05, 4.69) is 0 Å². The highest BCUT2D eigenvalue weighted by atomic mass is 32.2. The fourth-order valence-electron chi connectivity index (χ4n) is 2.70. The molecule has 0 bridgehead atoms. The van der Waals surface area contributed by atoms with Gasteiger partial charge in [-0.2, -0.15) is 0 Å². The number of carbonyl (C=O) groups is 1. The molecule has 0 aromatic rings. The minimum atomic E-state index is -0.661. The van der Waals surface area contributed by atoms with E-state index in [-0.39, 0.29) is 17.2 Å². The van der Waals surface area contributed by atoms with Crippen LogP contribution >= 0.6 is 23.5 Å². The van der Waals surface area contributed by atoms with E-state index in [1.54, 1.807) is 35.3 Å². The summed E-state index contributed by atoms with van der Waals surface area (Å²) in [5.41, 5.74) is 1.01. The van der Waals surface area contributed by atoms with Crippen molar-refractivity contribution in [1.82, 2.24) is 4.90 Å². The molecule has 19 heavy (non-hydrogen) atoms. The van der Waals surface area contributed by atoms with Gasteiger partial charge in [0.1, 0.15) is 16.9 Å². The van der Waals surface area contributed by atoms with E-state index >= 15 is 0 Å². The number of nitrogens with zero attached hydrogens (tertiary/aromatic N) is 1. The van der Waals surface area contributed by atoms with E-state index in [0.717, 1.165) is 23.6 Å². The largest absolute Gasteiger partial charge is 0.616 e. The van der Waals surface area contributed by atoms with Gasteiger partial charge in [-0.3, -0.25) is 4.79 Å². The first-order valence-electron chi connectivity index (χ1n) is 6.39. The van der Waals surface area contributed by atoms with Crippen molar-refractivity contribution < 1.29 is 14.5 Å². The summed E-state index contributed by atoms with van der Waals surface area (Å²) in [5, 5.41) is 10.1. The van der Waals surface area contributed by atoms with Gasteiger partial charge >= 0.3 is 0 Å². The number of thioether (sulfide) groups is 2. The zero-order valence-corrected chi connectivity index (χ0v) is 13.3. The van der Waals surface area contributed by atoms with Crippen LogP contribution in [0.1, 0.15) is 20.3 Å². The summed E-state index contributed by atoms with van der Waals surface area (Å²) in [5.74, 6) is 1.34. The van der Waals surface area contributed by atoms with Crippen molar-refractivity contribution in [3.63, 3.8) is 0 Å². The van der Waals surface area contributed by atoms with E-state index in [0.29, 0.717) is 5.25 Å². The molecule has 0 aliphatic carbocycles. The lowest BCUT2D eigenvalue weighted by Crippen LogP contribution is -2.59. The minimum Gasteiger partial charge on any atom is -0.616 e. The summed E-state index contributed by atoms with van der Waals surface area (Å²) in [4.78, 5) is 13.8. The average Bonchev–Trinajstić information content (AvgIpc) is 2.82. The van der Waals surface area contributed by atoms with Crippen molar-refractivity contribution >= 4 is 40.6 Å². The van der Waals surface area contributed by atoms with Crippen LogP contribution in [0.25, 0.3) is 0 Å². The van der Waals surface area contributed by atoms with E-state index in [1.807, 2.05) is 6.92 Å². The number of β-lactam (4-membered cyclic amide) rings is 1. The lowest BCUT2D eigenvalue weighted by Gasteiger charge is -2.43. The standard InChI is InChI=1S/C12H17NO3S3/c1-6-12(17-8-3-4-19(16)5-8)18-11-9(7(2)14)10(15)13(6)11/h7-9,11,14H,3-5H2,1-2H3/t7-,8?,9+,11-,19-/m1/s1. The molecular weight excluding hydrogens is 302 g/mol. The van der Waals surface area contributed by atoms with E-state index in [4.69, 9.17) is 0 Å². The molecule has 3 rings (SSSR count). The average molecular weight is 319 g/mol. The summed E-state index contributed by atoms with van der Waals surface area (Å²) in [6.45, 7) is 3.65. The maximum Gasteiger partial charge on any atom is 0.236 e. The van der Waals surface area contributed by atoms with Crippen molar-refractivity contribution in [2.45, 2.75) is 37.0 Å². The quantitative estimate of drug-likeness (QED) is 0.628. The molecular formula is C12H17NO3S3. The summed E-state index contributed by atoms with van der Waals surface area (Å²) in [6.07, 6.45) is 0.407. The zero-order chi connectivity index (χ0) is 13.7. The van der Waals surface area contributed by atoms with Gasteiger partial charge in [-0.15, -0.1) is 11.8 Å². The number of aliphatic hydroxyl groups excluding tert-OH is 1. The van der Waals surface area contributed by atoms with Crippen LogP contribution in [0.5, 0.6) is 0 Å². The van der Waals surface area contributed by atoms with Gasteiger partial charge < -0.3 is 14.6 Å². The van der Waals surface area contributed by atoms with Crippen molar-refractivity contribution in [2.24, 2.45) is 5.92 Å². The second-order valence-corrected chi connectivity index (χ2v) is 9.51. The van der Waals surface area contributed by atoms with Crippen LogP contribution in [-0.2, 0) is 16.0 Å². The Labute approximate surface area is 124 Å². The molecule has 3 heterocycles. The number of fused-ring (bicyclic) bond motifs is 1. The van der Waals surface area contributed by atoms with Crippen LogP contribution in [0.2, 0.25) is 0 Å². The third-order valence-corrected chi connectivity index (χ3v) is 8.56. The summed E-state index contributed by atoms with van der Waals surface area (Å²) in [7, 11) is 0. The molecule has 7 heteroatoms. The Hall–Kier alpha value is 0.180. The molecule has 0 aromatic heterocycles. The van der Waals surface area contributed by atoms with Crippen LogP contribution in [0.3, 0.4) is 0 Å². The third-order valence-electron chi connectivity index (χ3n) is 3.80. The molecule has 2 saturated heterocycles. The SMILES string of the molecule is CC1=C(SC2CC[S@@+]([O-])C2)S[C@@H]2[C@@H]([C@@H](C)O)C(=O)N12. The Kier molecular flexibility index (Phi) is 3.85.